The average Bonchev–Trinajstić information content (AvgIpc) is 2.60. The highest BCUT2D eigenvalue weighted by Gasteiger charge is 2.29. The maximum Gasteiger partial charge on any atom is 0.308 e. The molecule has 1 aromatic heterocycles. The van der Waals surface area contributed by atoms with Gasteiger partial charge in [0.15, 0.2) is 0 Å². The Bertz CT molecular complexity index is 402. The molecule has 0 aliphatic rings. The van der Waals surface area contributed by atoms with E-state index < -0.39 is 11.6 Å². The highest BCUT2D eigenvalue weighted by Crippen LogP contribution is 2.33. The molecular weight excluding hydrogens is 238 g/mol. The summed E-state index contributed by atoms with van der Waals surface area (Å²) in [6, 6.07) is 0. The van der Waals surface area contributed by atoms with Crippen molar-refractivity contribution in [3.63, 3.8) is 0 Å². The van der Waals surface area contributed by atoms with Crippen LogP contribution < -0.4 is 0 Å². The maximum absolute atomic E-state index is 10.7. The van der Waals surface area contributed by atoms with Gasteiger partial charge in [0.2, 0.25) is 0 Å². The molecule has 0 aromatic carbocycles. The highest BCUT2D eigenvalue weighted by atomic mass is 32.1. The third kappa shape index (κ3) is 3.26. The molecule has 0 spiro atoms. The number of aromatic nitrogens is 1. The number of hydrogen-bond donors (Lipinski definition) is 1. The van der Waals surface area contributed by atoms with E-state index >= 15 is 0 Å². The van der Waals surface area contributed by atoms with E-state index in [1.54, 1.807) is 0 Å². The lowest BCUT2D eigenvalue weighted by atomic mass is 10.0. The second kappa shape index (κ2) is 5.60. The van der Waals surface area contributed by atoms with Crippen LogP contribution in [0.4, 0.5) is 0 Å². The van der Waals surface area contributed by atoms with Crippen LogP contribution in [0.5, 0.6) is 0 Å². The summed E-state index contributed by atoms with van der Waals surface area (Å²) in [5.41, 5.74) is 0.396. The minimum atomic E-state index is -0.821. The van der Waals surface area contributed by atoms with Crippen molar-refractivity contribution in [2.24, 2.45) is 0 Å². The maximum atomic E-state index is 10.7. The van der Waals surface area contributed by atoms with Crippen LogP contribution in [0.3, 0.4) is 0 Å². The molecule has 1 N–H and O–H groups in total. The van der Waals surface area contributed by atoms with Crippen molar-refractivity contribution in [2.45, 2.75) is 46.1 Å². The normalized spacial score (nSPS) is 14.6. The molecule has 1 aromatic rings. The Labute approximate surface area is 106 Å². The van der Waals surface area contributed by atoms with E-state index in [0.29, 0.717) is 6.61 Å². The smallest absolute Gasteiger partial charge is 0.308 e. The zero-order valence-electron chi connectivity index (χ0n) is 10.7. The van der Waals surface area contributed by atoms with Crippen molar-refractivity contribution in [3.8, 4) is 0 Å². The fourth-order valence-corrected chi connectivity index (χ4v) is 2.81. The third-order valence-electron chi connectivity index (χ3n) is 2.79. The van der Waals surface area contributed by atoms with Gasteiger partial charge in [0.25, 0.3) is 0 Å². The Balaban J connectivity index is 3.02. The predicted molar refractivity (Wildman–Crippen MR) is 67.5 cm³/mol. The van der Waals surface area contributed by atoms with Crippen molar-refractivity contribution in [3.05, 3.63) is 15.6 Å². The van der Waals surface area contributed by atoms with Crippen LogP contribution in [0.15, 0.2) is 0 Å². The van der Waals surface area contributed by atoms with Crippen molar-refractivity contribution >= 4 is 17.3 Å². The summed E-state index contributed by atoms with van der Waals surface area (Å²) in [5.74, 6) is -0.821. The first kappa shape index (κ1) is 14.1. The first-order chi connectivity index (χ1) is 7.92. The van der Waals surface area contributed by atoms with Gasteiger partial charge in [-0.15, -0.1) is 11.3 Å². The predicted octanol–water partition coefficient (Wildman–Crippen LogP) is 2.74. The molecule has 1 heterocycles. The highest BCUT2D eigenvalue weighted by molar-refractivity contribution is 7.12. The molecule has 0 aliphatic heterocycles. The van der Waals surface area contributed by atoms with Crippen molar-refractivity contribution in [1.29, 1.82) is 0 Å². The molecule has 5 heteroatoms. The van der Waals surface area contributed by atoms with E-state index in [1.165, 1.54) is 11.3 Å². The number of thiazole rings is 1. The Morgan fingerprint density at radius 1 is 1.53 bits per heavy atom. The molecule has 1 atom stereocenters. The van der Waals surface area contributed by atoms with E-state index in [9.17, 15) is 4.79 Å². The van der Waals surface area contributed by atoms with E-state index in [0.717, 1.165) is 22.0 Å². The number of rotatable bonds is 6. The number of carbonyl (C=O) groups is 1. The fourth-order valence-electron chi connectivity index (χ4n) is 1.59. The topological polar surface area (TPSA) is 59.4 Å². The van der Waals surface area contributed by atoms with E-state index in [4.69, 9.17) is 9.84 Å². The zero-order valence-corrected chi connectivity index (χ0v) is 11.6. The van der Waals surface area contributed by atoms with Gasteiger partial charge < -0.3 is 9.84 Å². The molecule has 0 bridgehead atoms. The molecule has 1 unspecified atom stereocenters. The van der Waals surface area contributed by atoms with Gasteiger partial charge >= 0.3 is 5.97 Å². The van der Waals surface area contributed by atoms with Gasteiger partial charge in [0.05, 0.1) is 12.1 Å². The lowest BCUT2D eigenvalue weighted by Crippen LogP contribution is -2.24. The second-order valence-corrected chi connectivity index (χ2v) is 5.20. The second-order valence-electron chi connectivity index (χ2n) is 4.12. The molecule has 0 radical (unpaired) electrons. The number of carboxylic acids is 1. The van der Waals surface area contributed by atoms with Crippen LogP contribution >= 0.6 is 11.3 Å². The van der Waals surface area contributed by atoms with Gasteiger partial charge in [-0.05, 0) is 27.2 Å². The van der Waals surface area contributed by atoms with E-state index in [-0.39, 0.29) is 6.42 Å². The number of nitrogens with zero attached hydrogens (tertiary/aromatic N) is 1. The van der Waals surface area contributed by atoms with Crippen LogP contribution in [0.2, 0.25) is 0 Å². The van der Waals surface area contributed by atoms with Gasteiger partial charge in [-0.25, -0.2) is 4.98 Å². The van der Waals surface area contributed by atoms with Crippen LogP contribution in [0, 0.1) is 6.92 Å². The molecule has 4 nitrogen and oxygen atoms in total. The molecule has 0 fully saturated rings. The standard InChI is InChI=1S/C12H19NO3S/c1-5-12(4,16-6-2)11-13-8(3)9(17-11)7-10(14)15/h5-7H2,1-4H3,(H,14,15). The number of hydrogen-bond acceptors (Lipinski definition) is 4. The van der Waals surface area contributed by atoms with Crippen LogP contribution in [0.1, 0.15) is 42.8 Å². The van der Waals surface area contributed by atoms with Crippen LogP contribution in [-0.2, 0) is 21.6 Å². The molecule has 0 saturated heterocycles. The summed E-state index contributed by atoms with van der Waals surface area (Å²) in [5, 5.41) is 9.68. The largest absolute Gasteiger partial charge is 0.481 e. The monoisotopic (exact) mass is 257 g/mol. The number of aryl methyl sites for hydroxylation is 1. The Kier molecular flexibility index (Phi) is 4.65. The summed E-state index contributed by atoms with van der Waals surface area (Å²) in [4.78, 5) is 16.0. The lowest BCUT2D eigenvalue weighted by molar-refractivity contribution is -0.136. The summed E-state index contributed by atoms with van der Waals surface area (Å²) in [6.07, 6.45) is 0.857. The Morgan fingerprint density at radius 3 is 2.65 bits per heavy atom. The third-order valence-corrected chi connectivity index (χ3v) is 4.20. The first-order valence-electron chi connectivity index (χ1n) is 5.75. The molecule has 0 aliphatic carbocycles. The minimum Gasteiger partial charge on any atom is -0.481 e. The molecule has 0 amide bonds. The van der Waals surface area contributed by atoms with Gasteiger partial charge in [-0.2, -0.15) is 0 Å². The summed E-state index contributed by atoms with van der Waals surface area (Å²) in [6.45, 7) is 8.46. The van der Waals surface area contributed by atoms with Crippen molar-refractivity contribution in [2.75, 3.05) is 6.61 Å². The summed E-state index contributed by atoms with van der Waals surface area (Å²) < 4.78 is 5.74. The van der Waals surface area contributed by atoms with E-state index in [1.807, 2.05) is 27.7 Å². The molecule has 96 valence electrons. The van der Waals surface area contributed by atoms with Crippen LogP contribution in [-0.4, -0.2) is 22.7 Å². The Morgan fingerprint density at radius 2 is 2.18 bits per heavy atom. The quantitative estimate of drug-likeness (QED) is 0.851. The Hall–Kier alpha value is -0.940. The molecular formula is C12H19NO3S. The van der Waals surface area contributed by atoms with Crippen molar-refractivity contribution in [1.82, 2.24) is 4.98 Å². The molecule has 0 saturated carbocycles. The average molecular weight is 257 g/mol. The molecule has 17 heavy (non-hydrogen) atoms. The first-order valence-corrected chi connectivity index (χ1v) is 6.57. The number of aliphatic carboxylic acids is 1. The zero-order chi connectivity index (χ0) is 13.1. The SMILES string of the molecule is CCOC(C)(CC)c1nc(C)c(CC(=O)O)s1. The van der Waals surface area contributed by atoms with Gasteiger partial charge in [-0.3, -0.25) is 4.79 Å². The van der Waals surface area contributed by atoms with E-state index in [2.05, 4.69) is 4.98 Å². The number of carboxylic acid groups (broad SMARTS) is 1. The minimum absolute atomic E-state index is 0.0371. The summed E-state index contributed by atoms with van der Waals surface area (Å²) in [7, 11) is 0. The van der Waals surface area contributed by atoms with Gasteiger partial charge in [-0.1, -0.05) is 6.92 Å². The fraction of sp³-hybridized carbons (Fsp3) is 0.667. The lowest BCUT2D eigenvalue weighted by Gasteiger charge is -2.25. The van der Waals surface area contributed by atoms with Gasteiger partial charge in [0.1, 0.15) is 10.6 Å². The van der Waals surface area contributed by atoms with Gasteiger partial charge in [0, 0.05) is 11.5 Å². The molecule has 1 rings (SSSR count). The van der Waals surface area contributed by atoms with Crippen molar-refractivity contribution < 1.29 is 14.6 Å². The van der Waals surface area contributed by atoms with Crippen LogP contribution in [0.25, 0.3) is 0 Å². The number of ether oxygens (including phenoxy) is 1. The summed E-state index contributed by atoms with van der Waals surface area (Å²) >= 11 is 1.44.